The normalized spacial score (nSPS) is 16.1. The molecule has 182 valence electrons. The number of nitrogens with zero attached hydrogens (tertiary/aromatic N) is 2. The molecule has 0 N–H and O–H groups in total. The minimum Gasteiger partial charge on any atom is -0.497 e. The molecule has 0 unspecified atom stereocenters. The summed E-state index contributed by atoms with van der Waals surface area (Å²) >= 11 is 0. The third-order valence-corrected chi connectivity index (χ3v) is 6.53. The number of piperazine rings is 1. The molecule has 6 nitrogen and oxygen atoms in total. The first-order chi connectivity index (χ1) is 16.7. The van der Waals surface area contributed by atoms with Crippen LogP contribution in [-0.4, -0.2) is 32.6 Å². The Labute approximate surface area is 207 Å². The van der Waals surface area contributed by atoms with E-state index >= 15 is 0 Å². The lowest BCUT2D eigenvalue weighted by molar-refractivity contribution is -0.128. The predicted molar refractivity (Wildman–Crippen MR) is 139 cm³/mol. The highest BCUT2D eigenvalue weighted by Gasteiger charge is 2.43. The zero-order chi connectivity index (χ0) is 25.3. The Hall–Kier alpha value is -3.80. The van der Waals surface area contributed by atoms with Crippen LogP contribution in [0.5, 0.6) is 11.5 Å². The third kappa shape index (κ3) is 4.61. The predicted octanol–water partition coefficient (Wildman–Crippen LogP) is 5.57. The van der Waals surface area contributed by atoms with Crippen LogP contribution in [0.15, 0.2) is 60.7 Å². The number of methoxy groups -OCH3 is 2. The van der Waals surface area contributed by atoms with E-state index in [0.717, 1.165) is 22.4 Å². The van der Waals surface area contributed by atoms with Crippen molar-refractivity contribution in [3.8, 4) is 11.5 Å². The summed E-state index contributed by atoms with van der Waals surface area (Å²) in [7, 11) is 3.11. The number of benzene rings is 3. The summed E-state index contributed by atoms with van der Waals surface area (Å²) in [4.78, 5) is 31.0. The zero-order valence-corrected chi connectivity index (χ0v) is 21.2. The Balaban J connectivity index is 1.86. The lowest BCUT2D eigenvalue weighted by Gasteiger charge is -2.41. The van der Waals surface area contributed by atoms with Gasteiger partial charge in [0.2, 0.25) is 5.91 Å². The molecule has 1 heterocycles. The van der Waals surface area contributed by atoms with E-state index < -0.39 is 6.04 Å². The molecule has 0 aromatic heterocycles. The monoisotopic (exact) mass is 472 g/mol. The standard InChI is InChI=1S/C29H32N2O4/c1-18(2)21-8-10-22(11-9-21)28-29(33)30(25-16-23(34-5)12-14-26(25)35-6)17-27(32)31(28)24-13-7-19(3)15-20(24)4/h7-16,18,28H,17H2,1-6H3/t28-/m1/s1. The number of aryl methyl sites for hydroxylation is 2. The molecule has 1 saturated heterocycles. The van der Waals surface area contributed by atoms with Gasteiger partial charge in [0, 0.05) is 11.8 Å². The fourth-order valence-electron chi connectivity index (χ4n) is 4.61. The second-order valence-electron chi connectivity index (χ2n) is 9.24. The molecule has 1 aliphatic rings. The van der Waals surface area contributed by atoms with Gasteiger partial charge in [-0.15, -0.1) is 0 Å². The van der Waals surface area contributed by atoms with Crippen LogP contribution in [0.25, 0.3) is 0 Å². The molecule has 3 aromatic carbocycles. The first-order valence-electron chi connectivity index (χ1n) is 11.8. The van der Waals surface area contributed by atoms with E-state index in [1.54, 1.807) is 37.3 Å². The first kappa shape index (κ1) is 24.3. The van der Waals surface area contributed by atoms with Crippen molar-refractivity contribution in [1.82, 2.24) is 0 Å². The summed E-state index contributed by atoms with van der Waals surface area (Å²) in [6.07, 6.45) is 0. The van der Waals surface area contributed by atoms with Crippen molar-refractivity contribution in [2.75, 3.05) is 30.6 Å². The van der Waals surface area contributed by atoms with Crippen LogP contribution < -0.4 is 19.3 Å². The second kappa shape index (κ2) is 9.82. The molecule has 3 aromatic rings. The average Bonchev–Trinajstić information content (AvgIpc) is 2.85. The van der Waals surface area contributed by atoms with Crippen molar-refractivity contribution in [3.05, 3.63) is 82.9 Å². The van der Waals surface area contributed by atoms with Crippen LogP contribution in [-0.2, 0) is 9.59 Å². The lowest BCUT2D eigenvalue weighted by Crippen LogP contribution is -2.56. The van der Waals surface area contributed by atoms with Crippen LogP contribution in [0.4, 0.5) is 11.4 Å². The molecule has 4 rings (SSSR count). The Morgan fingerprint density at radius 2 is 1.57 bits per heavy atom. The van der Waals surface area contributed by atoms with Gasteiger partial charge in [0.1, 0.15) is 24.1 Å². The molecular weight excluding hydrogens is 440 g/mol. The van der Waals surface area contributed by atoms with Gasteiger partial charge in [-0.2, -0.15) is 0 Å². The number of hydrogen-bond acceptors (Lipinski definition) is 4. The largest absolute Gasteiger partial charge is 0.497 e. The Bertz CT molecular complexity index is 1250. The van der Waals surface area contributed by atoms with Crippen molar-refractivity contribution in [3.63, 3.8) is 0 Å². The highest BCUT2D eigenvalue weighted by molar-refractivity contribution is 6.15. The van der Waals surface area contributed by atoms with Gasteiger partial charge in [0.25, 0.3) is 5.91 Å². The van der Waals surface area contributed by atoms with Gasteiger partial charge in [0.05, 0.1) is 19.9 Å². The zero-order valence-electron chi connectivity index (χ0n) is 21.2. The van der Waals surface area contributed by atoms with Gasteiger partial charge in [-0.05, 0) is 54.7 Å². The average molecular weight is 473 g/mol. The number of amides is 2. The number of ether oxygens (including phenoxy) is 2. The van der Waals surface area contributed by atoms with Crippen molar-refractivity contribution >= 4 is 23.2 Å². The Morgan fingerprint density at radius 1 is 0.857 bits per heavy atom. The van der Waals surface area contributed by atoms with Crippen LogP contribution in [0, 0.1) is 13.8 Å². The summed E-state index contributed by atoms with van der Waals surface area (Å²) in [5.41, 5.74) is 5.23. The molecule has 2 amide bonds. The molecule has 6 heteroatoms. The maximum atomic E-state index is 14.2. The number of hydrogen-bond donors (Lipinski definition) is 0. The minimum atomic E-state index is -0.810. The molecule has 1 aliphatic heterocycles. The fraction of sp³-hybridized carbons (Fsp3) is 0.310. The molecular formula is C29H32N2O4. The van der Waals surface area contributed by atoms with Gasteiger partial charge in [-0.1, -0.05) is 55.8 Å². The van der Waals surface area contributed by atoms with E-state index in [1.807, 2.05) is 56.3 Å². The number of carbonyl (C=O) groups excluding carboxylic acids is 2. The van der Waals surface area contributed by atoms with Gasteiger partial charge in [0.15, 0.2) is 0 Å². The van der Waals surface area contributed by atoms with Crippen LogP contribution >= 0.6 is 0 Å². The van der Waals surface area contributed by atoms with E-state index in [1.165, 1.54) is 10.5 Å². The van der Waals surface area contributed by atoms with Gasteiger partial charge in [-0.3, -0.25) is 19.4 Å². The molecule has 1 fully saturated rings. The van der Waals surface area contributed by atoms with E-state index in [2.05, 4.69) is 13.8 Å². The van der Waals surface area contributed by atoms with Crippen molar-refractivity contribution in [2.24, 2.45) is 0 Å². The topological polar surface area (TPSA) is 59.1 Å². The maximum Gasteiger partial charge on any atom is 0.255 e. The summed E-state index contributed by atoms with van der Waals surface area (Å²) in [6.45, 7) is 8.14. The highest BCUT2D eigenvalue weighted by Crippen LogP contribution is 2.40. The smallest absolute Gasteiger partial charge is 0.255 e. The SMILES string of the molecule is COc1ccc(OC)c(N2CC(=O)N(c3ccc(C)cc3C)[C@H](c3ccc(C(C)C)cc3)C2=O)c1. The Morgan fingerprint density at radius 3 is 2.17 bits per heavy atom. The molecule has 0 saturated carbocycles. The molecule has 0 aliphatic carbocycles. The summed E-state index contributed by atoms with van der Waals surface area (Å²) in [5, 5.41) is 0. The highest BCUT2D eigenvalue weighted by atomic mass is 16.5. The number of carbonyl (C=O) groups is 2. The van der Waals surface area contributed by atoms with E-state index in [9.17, 15) is 9.59 Å². The quantitative estimate of drug-likeness (QED) is 0.471. The first-order valence-corrected chi connectivity index (χ1v) is 11.8. The van der Waals surface area contributed by atoms with Crippen molar-refractivity contribution in [2.45, 2.75) is 39.7 Å². The van der Waals surface area contributed by atoms with Crippen molar-refractivity contribution < 1.29 is 19.1 Å². The molecule has 0 radical (unpaired) electrons. The third-order valence-electron chi connectivity index (χ3n) is 6.53. The van der Waals surface area contributed by atoms with Crippen LogP contribution in [0.3, 0.4) is 0 Å². The van der Waals surface area contributed by atoms with E-state index in [-0.39, 0.29) is 18.4 Å². The Kier molecular flexibility index (Phi) is 6.83. The van der Waals surface area contributed by atoms with Gasteiger partial charge < -0.3 is 9.47 Å². The molecule has 0 spiro atoms. The lowest BCUT2D eigenvalue weighted by atomic mass is 9.95. The van der Waals surface area contributed by atoms with Gasteiger partial charge in [-0.25, -0.2) is 0 Å². The summed E-state index contributed by atoms with van der Waals surface area (Å²) in [5.74, 6) is 1.07. The number of rotatable bonds is 6. The second-order valence-corrected chi connectivity index (χ2v) is 9.24. The van der Waals surface area contributed by atoms with Crippen LogP contribution in [0.2, 0.25) is 0 Å². The molecule has 1 atom stereocenters. The van der Waals surface area contributed by atoms with E-state index in [4.69, 9.17) is 9.47 Å². The molecule has 35 heavy (non-hydrogen) atoms. The minimum absolute atomic E-state index is 0.101. The molecule has 0 bridgehead atoms. The van der Waals surface area contributed by atoms with Crippen molar-refractivity contribution in [1.29, 1.82) is 0 Å². The summed E-state index contributed by atoms with van der Waals surface area (Å²) in [6, 6.07) is 18.3. The fourth-order valence-corrected chi connectivity index (χ4v) is 4.61. The maximum absolute atomic E-state index is 14.2. The van der Waals surface area contributed by atoms with Gasteiger partial charge >= 0.3 is 0 Å². The van der Waals surface area contributed by atoms with E-state index in [0.29, 0.717) is 23.1 Å². The number of anilines is 2. The summed E-state index contributed by atoms with van der Waals surface area (Å²) < 4.78 is 10.9. The van der Waals surface area contributed by atoms with Crippen LogP contribution in [0.1, 0.15) is 48.1 Å².